The molecule has 0 atom stereocenters. The summed E-state index contributed by atoms with van der Waals surface area (Å²) in [5.74, 6) is 0.326. The molecule has 7 heteroatoms. The Labute approximate surface area is 96.1 Å². The highest BCUT2D eigenvalue weighted by Crippen LogP contribution is 2.28. The Balaban J connectivity index is 2.17. The van der Waals surface area contributed by atoms with E-state index in [0.717, 1.165) is 5.56 Å². The highest BCUT2D eigenvalue weighted by molar-refractivity contribution is 6.61. The third-order valence-corrected chi connectivity index (χ3v) is 2.80. The van der Waals surface area contributed by atoms with E-state index in [1.165, 1.54) is 6.33 Å². The third kappa shape index (κ3) is 1.43. The Bertz CT molecular complexity index is 532. The lowest BCUT2D eigenvalue weighted by Crippen LogP contribution is -2.28. The molecule has 0 bridgehead atoms. The van der Waals surface area contributed by atoms with E-state index in [1.54, 1.807) is 12.1 Å². The minimum Gasteiger partial charge on any atom is -0.423 e. The van der Waals surface area contributed by atoms with Crippen LogP contribution in [0, 0.1) is 0 Å². The van der Waals surface area contributed by atoms with E-state index in [0.29, 0.717) is 28.5 Å². The average molecular weight is 236 g/mol. The maximum absolute atomic E-state index is 9.56. The SMILES string of the molecule is OB1OCc2cc(Cl)c(-c3ncno3)cc21. The van der Waals surface area contributed by atoms with Crippen LogP contribution < -0.4 is 5.46 Å². The summed E-state index contributed by atoms with van der Waals surface area (Å²) in [5.41, 5.74) is 2.17. The number of hydrogen-bond donors (Lipinski definition) is 1. The lowest BCUT2D eigenvalue weighted by molar-refractivity contribution is 0.275. The van der Waals surface area contributed by atoms with Crippen LogP contribution in [0.3, 0.4) is 0 Å². The van der Waals surface area contributed by atoms with Gasteiger partial charge >= 0.3 is 7.12 Å². The van der Waals surface area contributed by atoms with Gasteiger partial charge in [0.1, 0.15) is 0 Å². The average Bonchev–Trinajstić information content (AvgIpc) is 2.88. The second-order valence-corrected chi connectivity index (χ2v) is 3.85. The monoisotopic (exact) mass is 236 g/mol. The number of hydrogen-bond acceptors (Lipinski definition) is 5. The minimum atomic E-state index is -0.908. The van der Waals surface area contributed by atoms with E-state index < -0.39 is 7.12 Å². The van der Waals surface area contributed by atoms with Crippen molar-refractivity contribution in [2.75, 3.05) is 0 Å². The zero-order valence-corrected chi connectivity index (χ0v) is 8.81. The van der Waals surface area contributed by atoms with Gasteiger partial charge in [-0.05, 0) is 23.2 Å². The Morgan fingerprint density at radius 1 is 1.44 bits per heavy atom. The Morgan fingerprint density at radius 3 is 3.06 bits per heavy atom. The van der Waals surface area contributed by atoms with Crippen LogP contribution in [0.15, 0.2) is 23.0 Å². The maximum Gasteiger partial charge on any atom is 0.491 e. The summed E-state index contributed by atoms with van der Waals surface area (Å²) in [5, 5.41) is 13.6. The molecule has 16 heavy (non-hydrogen) atoms. The zero-order chi connectivity index (χ0) is 11.1. The summed E-state index contributed by atoms with van der Waals surface area (Å²) in [7, 11) is -0.908. The van der Waals surface area contributed by atoms with Crippen LogP contribution >= 0.6 is 11.6 Å². The largest absolute Gasteiger partial charge is 0.491 e. The smallest absolute Gasteiger partial charge is 0.423 e. The van der Waals surface area contributed by atoms with E-state index in [1.807, 2.05) is 0 Å². The Morgan fingerprint density at radius 2 is 2.31 bits per heavy atom. The molecule has 1 aromatic carbocycles. The van der Waals surface area contributed by atoms with Gasteiger partial charge in [0.15, 0.2) is 6.33 Å². The number of aromatic nitrogens is 2. The first kappa shape index (κ1) is 9.83. The van der Waals surface area contributed by atoms with Crippen molar-refractivity contribution >= 4 is 24.2 Å². The molecule has 0 unspecified atom stereocenters. The summed E-state index contributed by atoms with van der Waals surface area (Å²) < 4.78 is 10.0. The first-order valence-corrected chi connectivity index (χ1v) is 5.02. The number of fused-ring (bicyclic) bond motifs is 1. The van der Waals surface area contributed by atoms with Crippen LogP contribution in [-0.2, 0) is 11.3 Å². The predicted octanol–water partition coefficient (Wildman–Crippen LogP) is 0.608. The van der Waals surface area contributed by atoms with E-state index in [9.17, 15) is 5.02 Å². The number of nitrogens with zero attached hydrogens (tertiary/aromatic N) is 2. The molecule has 5 nitrogen and oxygen atoms in total. The number of halogens is 1. The first-order valence-electron chi connectivity index (χ1n) is 4.65. The second kappa shape index (κ2) is 3.59. The van der Waals surface area contributed by atoms with Gasteiger partial charge in [-0.1, -0.05) is 16.8 Å². The molecule has 0 spiro atoms. The van der Waals surface area contributed by atoms with E-state index >= 15 is 0 Å². The van der Waals surface area contributed by atoms with E-state index in [4.69, 9.17) is 20.8 Å². The molecule has 0 amide bonds. The van der Waals surface area contributed by atoms with Crippen molar-refractivity contribution in [3.8, 4) is 11.5 Å². The predicted molar refractivity (Wildman–Crippen MR) is 57.1 cm³/mol. The van der Waals surface area contributed by atoms with Crippen LogP contribution in [0.2, 0.25) is 5.02 Å². The van der Waals surface area contributed by atoms with Gasteiger partial charge in [0.05, 0.1) is 17.2 Å². The van der Waals surface area contributed by atoms with Crippen molar-refractivity contribution in [3.05, 3.63) is 29.0 Å². The van der Waals surface area contributed by atoms with Gasteiger partial charge in [-0.15, -0.1) is 0 Å². The van der Waals surface area contributed by atoms with E-state index in [2.05, 4.69) is 10.1 Å². The van der Waals surface area contributed by atoms with Crippen LogP contribution in [0.5, 0.6) is 0 Å². The standard InChI is InChI=1S/C9H6BClN2O3/c11-8-1-5-3-15-10(14)7(5)2-6(8)9-12-4-13-16-9/h1-2,4,14H,3H2. The molecular weight excluding hydrogens is 230 g/mol. The molecule has 2 aromatic rings. The lowest BCUT2D eigenvalue weighted by Gasteiger charge is -2.03. The van der Waals surface area contributed by atoms with Crippen molar-refractivity contribution in [1.29, 1.82) is 0 Å². The molecule has 0 fully saturated rings. The summed E-state index contributed by atoms with van der Waals surface area (Å²) in [6, 6.07) is 3.45. The van der Waals surface area contributed by atoms with Gasteiger partial charge < -0.3 is 14.2 Å². The van der Waals surface area contributed by atoms with Crippen molar-refractivity contribution in [1.82, 2.24) is 10.1 Å². The summed E-state index contributed by atoms with van der Waals surface area (Å²) in [4.78, 5) is 3.91. The van der Waals surface area contributed by atoms with Crippen molar-refractivity contribution in [3.63, 3.8) is 0 Å². The molecule has 0 saturated carbocycles. The number of rotatable bonds is 1. The third-order valence-electron chi connectivity index (χ3n) is 2.48. The summed E-state index contributed by atoms with van der Waals surface area (Å²) >= 11 is 6.08. The molecule has 80 valence electrons. The summed E-state index contributed by atoms with van der Waals surface area (Å²) in [6.45, 7) is 0.361. The molecular formula is C9H6BClN2O3. The first-order chi connectivity index (χ1) is 7.75. The van der Waals surface area contributed by atoms with E-state index in [-0.39, 0.29) is 0 Å². The highest BCUT2D eigenvalue weighted by Gasteiger charge is 2.29. The molecule has 1 aromatic heterocycles. The Kier molecular flexibility index (Phi) is 2.20. The quantitative estimate of drug-likeness (QED) is 0.735. The fourth-order valence-electron chi connectivity index (χ4n) is 1.70. The maximum atomic E-state index is 9.56. The molecule has 2 heterocycles. The van der Waals surface area contributed by atoms with Gasteiger partial charge in [0, 0.05) is 0 Å². The molecule has 1 N–H and O–H groups in total. The van der Waals surface area contributed by atoms with Crippen LogP contribution in [0.1, 0.15) is 5.56 Å². The number of benzene rings is 1. The second-order valence-electron chi connectivity index (χ2n) is 3.44. The van der Waals surface area contributed by atoms with Crippen LogP contribution in [0.25, 0.3) is 11.5 Å². The normalized spacial score (nSPS) is 14.2. The molecule has 1 aliphatic rings. The molecule has 0 aliphatic carbocycles. The van der Waals surface area contributed by atoms with Crippen LogP contribution in [-0.4, -0.2) is 22.3 Å². The Hall–Kier alpha value is -1.37. The van der Waals surface area contributed by atoms with Crippen molar-refractivity contribution < 1.29 is 14.2 Å². The lowest BCUT2D eigenvalue weighted by atomic mass is 9.79. The van der Waals surface area contributed by atoms with Crippen molar-refractivity contribution in [2.24, 2.45) is 0 Å². The fraction of sp³-hybridized carbons (Fsp3) is 0.111. The van der Waals surface area contributed by atoms with Crippen molar-refractivity contribution in [2.45, 2.75) is 6.61 Å². The molecule has 0 radical (unpaired) electrons. The minimum absolute atomic E-state index is 0.326. The van der Waals surface area contributed by atoms with Gasteiger partial charge in [0.2, 0.25) is 0 Å². The van der Waals surface area contributed by atoms with Gasteiger partial charge in [-0.25, -0.2) is 0 Å². The summed E-state index contributed by atoms with van der Waals surface area (Å²) in [6.07, 6.45) is 1.30. The van der Waals surface area contributed by atoms with Gasteiger partial charge in [-0.2, -0.15) is 4.98 Å². The highest BCUT2D eigenvalue weighted by atomic mass is 35.5. The van der Waals surface area contributed by atoms with Crippen LogP contribution in [0.4, 0.5) is 0 Å². The molecule has 0 saturated heterocycles. The topological polar surface area (TPSA) is 68.4 Å². The van der Waals surface area contributed by atoms with Gasteiger partial charge in [-0.3, -0.25) is 0 Å². The molecule has 1 aliphatic heterocycles. The zero-order valence-electron chi connectivity index (χ0n) is 8.05. The molecule has 3 rings (SSSR count). The fourth-order valence-corrected chi connectivity index (χ4v) is 1.97. The van der Waals surface area contributed by atoms with Gasteiger partial charge in [0.25, 0.3) is 5.89 Å².